The molecule has 4 rings (SSSR count). The highest BCUT2D eigenvalue weighted by Gasteiger charge is 2.35. The van der Waals surface area contributed by atoms with Crippen LogP contribution in [-0.4, -0.2) is 61.9 Å². The minimum atomic E-state index is -4.61. The average molecular weight is 518 g/mol. The molecule has 3 aromatic rings. The second-order valence-electron chi connectivity index (χ2n) is 8.99. The lowest BCUT2D eigenvalue weighted by atomic mass is 10.00. The van der Waals surface area contributed by atoms with Gasteiger partial charge in [0.1, 0.15) is 12.1 Å². The number of amides is 2. The summed E-state index contributed by atoms with van der Waals surface area (Å²) in [6.07, 6.45) is -3.42. The summed E-state index contributed by atoms with van der Waals surface area (Å²) in [6.45, 7) is 4.05. The van der Waals surface area contributed by atoms with Gasteiger partial charge in [0.2, 0.25) is 5.91 Å². The van der Waals surface area contributed by atoms with Gasteiger partial charge in [-0.05, 0) is 24.1 Å². The normalized spacial score (nSPS) is 15.6. The van der Waals surface area contributed by atoms with Crippen LogP contribution in [0.25, 0.3) is 11.0 Å². The van der Waals surface area contributed by atoms with Gasteiger partial charge in [-0.2, -0.15) is 18.2 Å². The third-order valence-corrected chi connectivity index (χ3v) is 5.98. The Labute approximate surface area is 209 Å². The number of aromatic amines is 1. The number of hydrogen-bond donors (Lipinski definition) is 2. The molecule has 0 radical (unpaired) electrons. The quantitative estimate of drug-likeness (QED) is 0.513. The van der Waals surface area contributed by atoms with Gasteiger partial charge < -0.3 is 19.9 Å². The van der Waals surface area contributed by atoms with Crippen molar-refractivity contribution in [2.75, 3.05) is 13.1 Å². The number of H-pyrrole nitrogens is 1. The number of carbonyl (C=O) groups is 2. The Hall–Kier alpha value is -4.03. The zero-order valence-electron chi connectivity index (χ0n) is 20.1. The highest BCUT2D eigenvalue weighted by atomic mass is 19.4. The van der Waals surface area contributed by atoms with E-state index < -0.39 is 35.5 Å². The van der Waals surface area contributed by atoms with Crippen molar-refractivity contribution in [1.82, 2.24) is 30.2 Å². The number of hydrogen-bond acceptors (Lipinski definition) is 7. The Morgan fingerprint density at radius 2 is 1.84 bits per heavy atom. The number of para-hydroxylation sites is 2. The fourth-order valence-electron chi connectivity index (χ4n) is 4.00. The molecule has 196 valence electrons. The van der Waals surface area contributed by atoms with Crippen molar-refractivity contribution in [2.45, 2.75) is 45.0 Å². The van der Waals surface area contributed by atoms with E-state index in [9.17, 15) is 27.6 Å². The highest BCUT2D eigenvalue weighted by molar-refractivity contribution is 5.97. The van der Waals surface area contributed by atoms with Gasteiger partial charge >= 0.3 is 12.2 Å². The van der Waals surface area contributed by atoms with Crippen molar-refractivity contribution in [3.8, 4) is 6.01 Å². The van der Waals surface area contributed by atoms with Crippen LogP contribution in [0.5, 0.6) is 6.01 Å². The van der Waals surface area contributed by atoms with Gasteiger partial charge in [0.25, 0.3) is 11.5 Å². The van der Waals surface area contributed by atoms with E-state index in [1.165, 1.54) is 0 Å². The molecule has 3 heterocycles. The number of nitrogens with one attached hydrogen (secondary N) is 2. The van der Waals surface area contributed by atoms with Crippen LogP contribution in [-0.2, 0) is 11.0 Å². The summed E-state index contributed by atoms with van der Waals surface area (Å²) in [7, 11) is 0. The topological polar surface area (TPSA) is 130 Å². The number of fused-ring (bicyclic) bond motifs is 1. The van der Waals surface area contributed by atoms with Crippen molar-refractivity contribution in [2.24, 2.45) is 5.92 Å². The first-order chi connectivity index (χ1) is 17.5. The molecular formula is C24H25F3N6O4. The van der Waals surface area contributed by atoms with Crippen molar-refractivity contribution in [3.05, 3.63) is 58.3 Å². The summed E-state index contributed by atoms with van der Waals surface area (Å²) in [5.74, 6) is -1.39. The summed E-state index contributed by atoms with van der Waals surface area (Å²) >= 11 is 0. The molecule has 0 bridgehead atoms. The lowest BCUT2D eigenvalue weighted by Gasteiger charge is -2.35. The van der Waals surface area contributed by atoms with Crippen LogP contribution < -0.4 is 15.6 Å². The van der Waals surface area contributed by atoms with Gasteiger partial charge in [-0.1, -0.05) is 26.0 Å². The number of piperidine rings is 1. The third-order valence-electron chi connectivity index (χ3n) is 5.98. The smallest absolute Gasteiger partial charge is 0.433 e. The van der Waals surface area contributed by atoms with Gasteiger partial charge in [-0.15, -0.1) is 0 Å². The van der Waals surface area contributed by atoms with Crippen LogP contribution in [0.3, 0.4) is 0 Å². The summed E-state index contributed by atoms with van der Waals surface area (Å²) in [5, 5.41) is 2.64. The maximum atomic E-state index is 13.2. The van der Waals surface area contributed by atoms with Crippen LogP contribution in [0.1, 0.15) is 42.9 Å². The zero-order valence-corrected chi connectivity index (χ0v) is 20.1. The maximum absolute atomic E-state index is 13.2. The summed E-state index contributed by atoms with van der Waals surface area (Å²) < 4.78 is 44.1. The van der Waals surface area contributed by atoms with E-state index in [4.69, 9.17) is 4.74 Å². The molecule has 2 aromatic heterocycles. The molecule has 0 spiro atoms. The second-order valence-corrected chi connectivity index (χ2v) is 8.99. The monoisotopic (exact) mass is 518 g/mol. The molecule has 1 aromatic carbocycles. The number of benzene rings is 1. The lowest BCUT2D eigenvalue weighted by Crippen LogP contribution is -2.54. The molecule has 2 amide bonds. The Morgan fingerprint density at radius 1 is 1.14 bits per heavy atom. The first-order valence-corrected chi connectivity index (χ1v) is 11.7. The van der Waals surface area contributed by atoms with Gasteiger partial charge in [0, 0.05) is 32.1 Å². The Kier molecular flexibility index (Phi) is 7.41. The van der Waals surface area contributed by atoms with Crippen molar-refractivity contribution >= 4 is 22.8 Å². The van der Waals surface area contributed by atoms with Gasteiger partial charge in [-0.3, -0.25) is 14.4 Å². The van der Waals surface area contributed by atoms with E-state index in [1.54, 1.807) is 43.0 Å². The summed E-state index contributed by atoms with van der Waals surface area (Å²) in [4.78, 5) is 54.0. The van der Waals surface area contributed by atoms with E-state index in [0.717, 1.165) is 12.3 Å². The number of carbonyl (C=O) groups excluding carboxylic acids is 2. The summed E-state index contributed by atoms with van der Waals surface area (Å²) in [5.41, 5.74) is -1.18. The number of alkyl halides is 3. The van der Waals surface area contributed by atoms with E-state index in [-0.39, 0.29) is 36.6 Å². The van der Waals surface area contributed by atoms with E-state index >= 15 is 0 Å². The molecule has 1 aliphatic heterocycles. The fourth-order valence-corrected chi connectivity index (χ4v) is 4.00. The molecule has 0 saturated carbocycles. The van der Waals surface area contributed by atoms with Crippen LogP contribution in [0.15, 0.2) is 41.3 Å². The molecular weight excluding hydrogens is 493 g/mol. The van der Waals surface area contributed by atoms with E-state index in [2.05, 4.69) is 25.3 Å². The third kappa shape index (κ3) is 6.04. The first kappa shape index (κ1) is 26.0. The van der Waals surface area contributed by atoms with E-state index in [0.29, 0.717) is 23.9 Å². The van der Waals surface area contributed by atoms with Crippen LogP contribution in [0, 0.1) is 5.92 Å². The zero-order chi connectivity index (χ0) is 26.7. The Bertz CT molecular complexity index is 1350. The minimum Gasteiger partial charge on any atom is -0.460 e. The minimum absolute atomic E-state index is 0.260. The van der Waals surface area contributed by atoms with Crippen LogP contribution >= 0.6 is 0 Å². The molecule has 0 unspecified atom stereocenters. The number of nitrogens with zero attached hydrogens (tertiary/aromatic N) is 4. The maximum Gasteiger partial charge on any atom is 0.433 e. The second kappa shape index (κ2) is 10.5. The molecule has 37 heavy (non-hydrogen) atoms. The van der Waals surface area contributed by atoms with Gasteiger partial charge in [0.15, 0.2) is 11.4 Å². The predicted octanol–water partition coefficient (Wildman–Crippen LogP) is 2.56. The fraction of sp³-hybridized carbons (Fsp3) is 0.417. The predicted molar refractivity (Wildman–Crippen MR) is 126 cm³/mol. The average Bonchev–Trinajstić information content (AvgIpc) is 2.86. The number of aromatic nitrogens is 4. The molecule has 1 fully saturated rings. The number of likely N-dealkylation sites (tertiary alicyclic amines) is 1. The number of ether oxygens (including phenoxy) is 1. The molecule has 1 saturated heterocycles. The lowest BCUT2D eigenvalue weighted by molar-refractivity contribution is -0.142. The van der Waals surface area contributed by atoms with Gasteiger partial charge in [-0.25, -0.2) is 9.97 Å². The van der Waals surface area contributed by atoms with Gasteiger partial charge in [0.05, 0.1) is 11.0 Å². The highest BCUT2D eigenvalue weighted by Crippen LogP contribution is 2.28. The number of rotatable bonds is 6. The van der Waals surface area contributed by atoms with Crippen molar-refractivity contribution in [3.63, 3.8) is 0 Å². The van der Waals surface area contributed by atoms with Crippen LogP contribution in [0.2, 0.25) is 0 Å². The Balaban J connectivity index is 1.39. The molecule has 1 atom stereocenters. The molecule has 0 aliphatic carbocycles. The van der Waals surface area contributed by atoms with Crippen molar-refractivity contribution in [1.29, 1.82) is 0 Å². The molecule has 13 heteroatoms. The van der Waals surface area contributed by atoms with Crippen molar-refractivity contribution < 1.29 is 27.5 Å². The molecule has 10 nitrogen and oxygen atoms in total. The molecule has 2 N–H and O–H groups in total. The number of halogens is 3. The SMILES string of the molecule is CC(C)[C@H](NC(=O)c1nc2ccccc2[nH]c1=O)C(=O)N1CCC(Oc2nccc(C(F)(F)F)n2)CC1. The van der Waals surface area contributed by atoms with E-state index in [1.807, 2.05) is 0 Å². The van der Waals surface area contributed by atoms with Crippen LogP contribution in [0.4, 0.5) is 13.2 Å². The largest absolute Gasteiger partial charge is 0.460 e. The standard InChI is InChI=1S/C24H25F3N6O4/c1-13(2)18(32-21(35)19-20(34)30-16-6-4-3-5-15(16)29-19)22(36)33-11-8-14(9-12-33)37-23-28-10-7-17(31-23)24(25,26)27/h3-7,10,13-14,18H,8-9,11-12H2,1-2H3,(H,30,34)(H,32,35)/t18-/m0/s1. The Morgan fingerprint density at radius 3 is 2.51 bits per heavy atom. The summed E-state index contributed by atoms with van der Waals surface area (Å²) in [6, 6.07) is 6.25. The molecule has 1 aliphatic rings. The first-order valence-electron chi connectivity index (χ1n) is 11.7.